The molecular weight excluding hydrogens is 330 g/mol. The summed E-state index contributed by atoms with van der Waals surface area (Å²) in [4.78, 5) is 28.7. The van der Waals surface area contributed by atoms with Crippen LogP contribution in [0.2, 0.25) is 0 Å². The summed E-state index contributed by atoms with van der Waals surface area (Å²) in [5.41, 5.74) is 0.942. The zero-order valence-corrected chi connectivity index (χ0v) is 15.9. The minimum atomic E-state index is -0.410. The van der Waals surface area contributed by atoms with Crippen molar-refractivity contribution in [1.29, 1.82) is 0 Å². The van der Waals surface area contributed by atoms with E-state index < -0.39 is 12.1 Å². The summed E-state index contributed by atoms with van der Waals surface area (Å²) in [6, 6.07) is 9.16. The third kappa shape index (κ3) is 6.02. The second kappa shape index (κ2) is 10.8. The maximum Gasteiger partial charge on any atom is 0.410 e. The molecule has 1 saturated heterocycles. The van der Waals surface area contributed by atoms with Crippen molar-refractivity contribution in [2.45, 2.75) is 45.8 Å². The number of hydrogen-bond donors (Lipinski definition) is 1. The Bertz CT molecular complexity index is 561. The van der Waals surface area contributed by atoms with Crippen LogP contribution in [0.1, 0.15) is 38.7 Å². The second-order valence-electron chi connectivity index (χ2n) is 6.56. The van der Waals surface area contributed by atoms with Gasteiger partial charge in [0.15, 0.2) is 0 Å². The molecule has 144 valence electrons. The number of nitrogens with zero attached hydrogens (tertiary/aromatic N) is 2. The number of amides is 2. The van der Waals surface area contributed by atoms with Crippen LogP contribution in [0.5, 0.6) is 0 Å². The number of carbonyl (C=O) groups excluding carboxylic acids is 2. The Balaban J connectivity index is 1.75. The van der Waals surface area contributed by atoms with Gasteiger partial charge in [0.25, 0.3) is 0 Å². The number of benzene rings is 1. The molecule has 0 aromatic heterocycles. The van der Waals surface area contributed by atoms with Gasteiger partial charge in [-0.25, -0.2) is 4.79 Å². The minimum absolute atomic E-state index is 0.0706. The summed E-state index contributed by atoms with van der Waals surface area (Å²) in [5, 5.41) is 2.97. The second-order valence-corrected chi connectivity index (χ2v) is 6.56. The van der Waals surface area contributed by atoms with Gasteiger partial charge in [0.05, 0.1) is 0 Å². The maximum atomic E-state index is 12.4. The third-order valence-corrected chi connectivity index (χ3v) is 4.84. The lowest BCUT2D eigenvalue weighted by atomic mass is 10.2. The first kappa shape index (κ1) is 20.2. The van der Waals surface area contributed by atoms with Crippen LogP contribution in [0.25, 0.3) is 0 Å². The third-order valence-electron chi connectivity index (χ3n) is 4.84. The van der Waals surface area contributed by atoms with Gasteiger partial charge < -0.3 is 15.0 Å². The fourth-order valence-electron chi connectivity index (χ4n) is 3.23. The van der Waals surface area contributed by atoms with Crippen LogP contribution in [0.4, 0.5) is 4.79 Å². The number of hydrogen-bond acceptors (Lipinski definition) is 4. The summed E-state index contributed by atoms with van der Waals surface area (Å²) in [7, 11) is 0. The Labute approximate surface area is 156 Å². The van der Waals surface area contributed by atoms with Crippen LogP contribution in [0.3, 0.4) is 0 Å². The van der Waals surface area contributed by atoms with Crippen molar-refractivity contribution in [3.05, 3.63) is 35.9 Å². The van der Waals surface area contributed by atoms with Gasteiger partial charge in [-0.15, -0.1) is 0 Å². The number of ether oxygens (including phenoxy) is 1. The Morgan fingerprint density at radius 1 is 1.23 bits per heavy atom. The van der Waals surface area contributed by atoms with Crippen molar-refractivity contribution in [2.75, 3.05) is 32.7 Å². The Morgan fingerprint density at radius 3 is 2.65 bits per heavy atom. The fraction of sp³-hybridized carbons (Fsp3) is 0.600. The van der Waals surface area contributed by atoms with Crippen molar-refractivity contribution in [3.63, 3.8) is 0 Å². The van der Waals surface area contributed by atoms with Gasteiger partial charge in [-0.1, -0.05) is 44.2 Å². The zero-order valence-electron chi connectivity index (χ0n) is 15.9. The molecule has 1 heterocycles. The normalized spacial score (nSPS) is 16.7. The van der Waals surface area contributed by atoms with E-state index in [0.29, 0.717) is 19.5 Å². The number of rotatable bonds is 9. The molecule has 1 N–H and O–H groups in total. The van der Waals surface area contributed by atoms with Crippen molar-refractivity contribution < 1.29 is 14.3 Å². The highest BCUT2D eigenvalue weighted by Gasteiger charge is 2.34. The molecule has 1 aromatic carbocycles. The number of nitrogens with one attached hydrogen (secondary N) is 1. The van der Waals surface area contributed by atoms with E-state index in [4.69, 9.17) is 4.74 Å². The molecule has 0 radical (unpaired) electrons. The topological polar surface area (TPSA) is 61.9 Å². The van der Waals surface area contributed by atoms with Crippen LogP contribution >= 0.6 is 0 Å². The van der Waals surface area contributed by atoms with Crippen LogP contribution in [0.15, 0.2) is 30.3 Å². The summed E-state index contributed by atoms with van der Waals surface area (Å²) in [6.45, 7) is 8.74. The molecule has 0 bridgehead atoms. The van der Waals surface area contributed by atoms with E-state index in [1.54, 1.807) is 4.90 Å². The van der Waals surface area contributed by atoms with Crippen LogP contribution in [-0.4, -0.2) is 60.6 Å². The van der Waals surface area contributed by atoms with Gasteiger partial charge in [-0.05, 0) is 44.5 Å². The van der Waals surface area contributed by atoms with Crippen LogP contribution in [0, 0.1) is 0 Å². The molecule has 1 unspecified atom stereocenters. The molecule has 6 nitrogen and oxygen atoms in total. The van der Waals surface area contributed by atoms with Gasteiger partial charge in [-0.2, -0.15) is 0 Å². The Morgan fingerprint density at radius 2 is 1.96 bits per heavy atom. The van der Waals surface area contributed by atoms with E-state index in [0.717, 1.165) is 38.0 Å². The van der Waals surface area contributed by atoms with E-state index in [2.05, 4.69) is 24.1 Å². The first-order valence-electron chi connectivity index (χ1n) is 9.63. The molecule has 26 heavy (non-hydrogen) atoms. The molecule has 0 saturated carbocycles. The van der Waals surface area contributed by atoms with Crippen molar-refractivity contribution in [1.82, 2.24) is 15.1 Å². The largest absolute Gasteiger partial charge is 0.445 e. The predicted molar refractivity (Wildman–Crippen MR) is 102 cm³/mol. The smallest absolute Gasteiger partial charge is 0.410 e. The molecular formula is C20H31N3O3. The molecule has 2 rings (SSSR count). The van der Waals surface area contributed by atoms with Gasteiger partial charge in [0, 0.05) is 13.1 Å². The average Bonchev–Trinajstić information content (AvgIpc) is 3.17. The Kier molecular flexibility index (Phi) is 8.41. The van der Waals surface area contributed by atoms with E-state index in [-0.39, 0.29) is 12.5 Å². The molecule has 0 aliphatic carbocycles. The Hall–Kier alpha value is -2.08. The standard InChI is InChI=1S/C20H31N3O3/c1-3-22(4-2)14-9-13-21-19(24)18-12-8-15-23(18)20(25)26-16-17-10-6-5-7-11-17/h5-7,10-11,18H,3-4,8-9,12-16H2,1-2H3,(H,21,24). The highest BCUT2D eigenvalue weighted by atomic mass is 16.6. The van der Waals surface area contributed by atoms with Gasteiger partial charge in [0.2, 0.25) is 5.91 Å². The number of likely N-dealkylation sites (tertiary alicyclic amines) is 1. The predicted octanol–water partition coefficient (Wildman–Crippen LogP) is 2.64. The lowest BCUT2D eigenvalue weighted by Gasteiger charge is -2.23. The zero-order chi connectivity index (χ0) is 18.8. The lowest BCUT2D eigenvalue weighted by molar-refractivity contribution is -0.125. The molecule has 1 fully saturated rings. The van der Waals surface area contributed by atoms with E-state index in [9.17, 15) is 9.59 Å². The van der Waals surface area contributed by atoms with Gasteiger partial charge >= 0.3 is 6.09 Å². The quantitative estimate of drug-likeness (QED) is 0.687. The first-order chi connectivity index (χ1) is 12.7. The fourth-order valence-corrected chi connectivity index (χ4v) is 3.23. The van der Waals surface area contributed by atoms with Crippen molar-refractivity contribution >= 4 is 12.0 Å². The maximum absolute atomic E-state index is 12.4. The minimum Gasteiger partial charge on any atom is -0.445 e. The highest BCUT2D eigenvalue weighted by molar-refractivity contribution is 5.86. The van der Waals surface area contributed by atoms with Crippen molar-refractivity contribution in [3.8, 4) is 0 Å². The molecule has 0 spiro atoms. The molecule has 1 aliphatic rings. The molecule has 6 heteroatoms. The van der Waals surface area contributed by atoms with Gasteiger partial charge in [-0.3, -0.25) is 9.69 Å². The molecule has 1 atom stereocenters. The highest BCUT2D eigenvalue weighted by Crippen LogP contribution is 2.19. The van der Waals surface area contributed by atoms with Crippen LogP contribution < -0.4 is 5.32 Å². The van der Waals surface area contributed by atoms with Gasteiger partial charge in [0.1, 0.15) is 12.6 Å². The van der Waals surface area contributed by atoms with E-state index in [1.165, 1.54) is 0 Å². The molecule has 2 amide bonds. The van der Waals surface area contributed by atoms with E-state index in [1.807, 2.05) is 30.3 Å². The SMILES string of the molecule is CCN(CC)CCCNC(=O)C1CCCN1C(=O)OCc1ccccc1. The summed E-state index contributed by atoms with van der Waals surface area (Å²) < 4.78 is 5.38. The first-order valence-corrected chi connectivity index (χ1v) is 9.63. The summed E-state index contributed by atoms with van der Waals surface area (Å²) in [6.07, 6.45) is 2.04. The summed E-state index contributed by atoms with van der Waals surface area (Å²) >= 11 is 0. The van der Waals surface area contributed by atoms with Crippen LogP contribution in [-0.2, 0) is 16.1 Å². The van der Waals surface area contributed by atoms with Crippen molar-refractivity contribution in [2.24, 2.45) is 0 Å². The van der Waals surface area contributed by atoms with E-state index >= 15 is 0 Å². The summed E-state index contributed by atoms with van der Waals surface area (Å²) in [5.74, 6) is -0.0706. The number of carbonyl (C=O) groups is 2. The monoisotopic (exact) mass is 361 g/mol. The lowest BCUT2D eigenvalue weighted by Crippen LogP contribution is -2.46. The molecule has 1 aliphatic heterocycles. The molecule has 1 aromatic rings. The average molecular weight is 361 g/mol.